The Kier molecular flexibility index (Phi) is 4.91. The molecule has 1 amide bonds. The van der Waals surface area contributed by atoms with Crippen LogP contribution in [0.15, 0.2) is 54.6 Å². The van der Waals surface area contributed by atoms with Crippen LogP contribution in [0.2, 0.25) is 0 Å². The van der Waals surface area contributed by atoms with E-state index in [1.807, 2.05) is 0 Å². The quantitative estimate of drug-likeness (QED) is 0.264. The number of imidazole rings is 1. The van der Waals surface area contributed by atoms with Crippen molar-refractivity contribution in [2.75, 3.05) is 20.3 Å². The van der Waals surface area contributed by atoms with E-state index in [-0.39, 0.29) is 29.5 Å². The lowest BCUT2D eigenvalue weighted by molar-refractivity contribution is -0.0507. The van der Waals surface area contributed by atoms with Gasteiger partial charge in [0.05, 0.1) is 30.3 Å². The van der Waals surface area contributed by atoms with Crippen LogP contribution in [0.25, 0.3) is 22.2 Å². The first-order valence-electron chi connectivity index (χ1n) is 13.5. The molecule has 4 aromatic rings. The van der Waals surface area contributed by atoms with Gasteiger partial charge in [0.25, 0.3) is 5.91 Å². The summed E-state index contributed by atoms with van der Waals surface area (Å²) in [5, 5.41) is 0. The van der Waals surface area contributed by atoms with Gasteiger partial charge in [-0.3, -0.25) is 4.79 Å². The average molecular weight is 543 g/mol. The van der Waals surface area contributed by atoms with Crippen LogP contribution in [-0.2, 0) is 10.7 Å². The zero-order chi connectivity index (χ0) is 29.4. The highest BCUT2D eigenvalue weighted by Gasteiger charge is 2.45. The summed E-state index contributed by atoms with van der Waals surface area (Å²) in [5.41, 5.74) is 2.54. The number of ether oxygens (including phenoxy) is 1. The first kappa shape index (κ1) is 21.4. The zero-order valence-electron chi connectivity index (χ0n) is 23.5. The number of carbonyl (C=O) groups is 1. The van der Waals surface area contributed by atoms with Crippen molar-refractivity contribution in [3.8, 4) is 16.9 Å². The van der Waals surface area contributed by atoms with Crippen molar-refractivity contribution >= 4 is 24.1 Å². The molecular formula is C28H25F3N3O3P. The Morgan fingerprint density at radius 2 is 1.95 bits per heavy atom. The molecule has 0 aliphatic carbocycles. The van der Waals surface area contributed by atoms with Crippen LogP contribution in [0.4, 0.5) is 13.2 Å². The molecule has 0 spiro atoms. The van der Waals surface area contributed by atoms with Crippen molar-refractivity contribution in [3.05, 3.63) is 82.9 Å². The highest BCUT2D eigenvalue weighted by atomic mass is 31.2. The van der Waals surface area contributed by atoms with Gasteiger partial charge in [0.1, 0.15) is 17.4 Å². The summed E-state index contributed by atoms with van der Waals surface area (Å²) in [6.07, 6.45) is 0.351. The fourth-order valence-corrected chi connectivity index (χ4v) is 6.68. The second-order valence-electron chi connectivity index (χ2n) is 10.1. The van der Waals surface area contributed by atoms with Crippen molar-refractivity contribution in [3.63, 3.8) is 0 Å². The van der Waals surface area contributed by atoms with Gasteiger partial charge >= 0.3 is 6.61 Å². The van der Waals surface area contributed by atoms with Gasteiger partial charge in [-0.25, -0.2) is 9.37 Å². The van der Waals surface area contributed by atoms with Crippen molar-refractivity contribution in [1.82, 2.24) is 14.5 Å². The number of halogens is 3. The van der Waals surface area contributed by atoms with Crippen LogP contribution < -0.4 is 4.74 Å². The molecule has 6 rings (SSSR count). The van der Waals surface area contributed by atoms with Crippen LogP contribution in [0.1, 0.15) is 49.9 Å². The molecule has 0 fully saturated rings. The van der Waals surface area contributed by atoms with Crippen LogP contribution in [0.5, 0.6) is 5.75 Å². The topological polar surface area (TPSA) is 64.4 Å². The molecule has 6 nitrogen and oxygen atoms in total. The van der Waals surface area contributed by atoms with Gasteiger partial charge in [-0.2, -0.15) is 8.78 Å². The van der Waals surface area contributed by atoms with Gasteiger partial charge < -0.3 is 18.8 Å². The van der Waals surface area contributed by atoms with Crippen molar-refractivity contribution in [1.29, 1.82) is 0 Å². The predicted molar refractivity (Wildman–Crippen MR) is 139 cm³/mol. The van der Waals surface area contributed by atoms with E-state index >= 15 is 4.39 Å². The normalized spacial score (nSPS) is 20.1. The smallest absolute Gasteiger partial charge is 0.387 e. The molecule has 196 valence electrons. The molecule has 0 N–H and O–H groups in total. The summed E-state index contributed by atoms with van der Waals surface area (Å²) in [7, 11) is -2.41. The number of hydrogen-bond acceptors (Lipinski definition) is 4. The SMILES string of the molecule is [2H]C([2H])([2H])N1C(=O)c2cccc(OC(F)F)c2[C@H]2C[C@@H]1c1nc3ccc(-c4ccc(CP(C)(C)=O)cc4F)cc3n12. The fraction of sp³-hybridized carbons (Fsp3) is 0.286. The van der Waals surface area contributed by atoms with Gasteiger partial charge in [-0.15, -0.1) is 0 Å². The summed E-state index contributed by atoms with van der Waals surface area (Å²) >= 11 is 0. The van der Waals surface area contributed by atoms with Crippen LogP contribution in [0, 0.1) is 5.82 Å². The summed E-state index contributed by atoms with van der Waals surface area (Å²) in [4.78, 5) is 19.0. The Balaban J connectivity index is 1.55. The first-order chi connectivity index (χ1) is 19.2. The Hall–Kier alpha value is -3.58. The number of rotatable bonds is 5. The van der Waals surface area contributed by atoms with Crippen molar-refractivity contribution < 1.29 is 31.4 Å². The third-order valence-corrected chi connectivity index (χ3v) is 8.18. The number of aromatic nitrogens is 2. The zero-order valence-corrected chi connectivity index (χ0v) is 21.4. The standard InChI is InChI=1S/C28H25F3N3O3P/c1-33-23-13-22(25-18(27(33)35)5-4-6-24(25)37-28(30)31)34-21-12-16(8-10-20(21)32-26(23)34)17-9-7-15(11-19(17)29)14-38(2,3)36/h4-12,22-23,28H,13-14H2,1-3H3/t22-,23-/m1/s1/i1D3. The van der Waals surface area contributed by atoms with Gasteiger partial charge in [-0.05, 0) is 54.8 Å². The van der Waals surface area contributed by atoms with Crippen LogP contribution in [-0.4, -0.2) is 47.3 Å². The minimum absolute atomic E-state index is 0.0406. The second-order valence-corrected chi connectivity index (χ2v) is 13.6. The molecular weight excluding hydrogens is 514 g/mol. The maximum absolute atomic E-state index is 15.3. The molecule has 2 atom stereocenters. The summed E-state index contributed by atoms with van der Waals surface area (Å²) in [6, 6.07) is 12.2. The third kappa shape index (κ3) is 4.00. The molecule has 2 aliphatic heterocycles. The van der Waals surface area contributed by atoms with Crippen molar-refractivity contribution in [2.45, 2.75) is 31.3 Å². The molecule has 2 bridgehead atoms. The second kappa shape index (κ2) is 8.73. The van der Waals surface area contributed by atoms with E-state index in [2.05, 4.69) is 4.98 Å². The minimum Gasteiger partial charge on any atom is -0.434 e. The maximum atomic E-state index is 15.3. The third-order valence-electron chi connectivity index (χ3n) is 7.06. The van der Waals surface area contributed by atoms with E-state index < -0.39 is 44.5 Å². The van der Waals surface area contributed by atoms with Crippen LogP contribution >= 0.6 is 7.14 Å². The minimum atomic E-state index is -3.17. The molecule has 2 aliphatic rings. The summed E-state index contributed by atoms with van der Waals surface area (Å²) in [5.74, 6) is -1.25. The Morgan fingerprint density at radius 3 is 2.66 bits per heavy atom. The van der Waals surface area contributed by atoms with Gasteiger partial charge in [0.2, 0.25) is 0 Å². The van der Waals surface area contributed by atoms with E-state index in [1.54, 1.807) is 48.2 Å². The summed E-state index contributed by atoms with van der Waals surface area (Å²) in [6.45, 7) is -2.72. The predicted octanol–water partition coefficient (Wildman–Crippen LogP) is 6.69. The molecule has 3 aromatic carbocycles. The lowest BCUT2D eigenvalue weighted by Crippen LogP contribution is -2.30. The molecule has 3 heterocycles. The molecule has 38 heavy (non-hydrogen) atoms. The van der Waals surface area contributed by atoms with Crippen molar-refractivity contribution in [2.24, 2.45) is 0 Å². The monoisotopic (exact) mass is 542 g/mol. The number of benzene rings is 3. The summed E-state index contributed by atoms with van der Waals surface area (Å²) < 4.78 is 85.2. The number of hydrogen-bond donors (Lipinski definition) is 0. The van der Waals surface area contributed by atoms with E-state index in [9.17, 15) is 18.1 Å². The lowest BCUT2D eigenvalue weighted by Gasteiger charge is -2.24. The van der Waals surface area contributed by atoms with E-state index in [4.69, 9.17) is 8.85 Å². The number of carbonyl (C=O) groups excluding carboxylic acids is 1. The van der Waals surface area contributed by atoms with E-state index in [1.165, 1.54) is 24.3 Å². The number of nitrogens with zero attached hydrogens (tertiary/aromatic N) is 3. The van der Waals surface area contributed by atoms with Gasteiger partial charge in [0.15, 0.2) is 0 Å². The van der Waals surface area contributed by atoms with E-state index in [0.29, 0.717) is 33.5 Å². The van der Waals surface area contributed by atoms with Crippen LogP contribution in [0.3, 0.4) is 0 Å². The Morgan fingerprint density at radius 1 is 1.13 bits per heavy atom. The van der Waals surface area contributed by atoms with Gasteiger partial charge in [0, 0.05) is 40.4 Å². The number of amides is 1. The number of alkyl halides is 2. The van der Waals surface area contributed by atoms with E-state index in [0.717, 1.165) is 4.90 Å². The largest absolute Gasteiger partial charge is 0.434 e. The Bertz CT molecular complexity index is 1770. The lowest BCUT2D eigenvalue weighted by atomic mass is 9.97. The fourth-order valence-electron chi connectivity index (χ4n) is 5.61. The highest BCUT2D eigenvalue weighted by Crippen LogP contribution is 2.50. The molecule has 1 aromatic heterocycles. The average Bonchev–Trinajstić information content (AvgIpc) is 3.35. The van der Waals surface area contributed by atoms with Gasteiger partial charge in [-0.1, -0.05) is 24.3 Å². The maximum Gasteiger partial charge on any atom is 0.387 e. The molecule has 10 heteroatoms. The Labute approximate surface area is 221 Å². The molecule has 0 saturated carbocycles. The number of fused-ring (bicyclic) bond motifs is 9. The first-order valence-corrected chi connectivity index (χ1v) is 14.8. The molecule has 0 unspecified atom stereocenters. The molecule has 0 saturated heterocycles. The highest BCUT2D eigenvalue weighted by molar-refractivity contribution is 7.61. The molecule has 0 radical (unpaired) electrons.